The highest BCUT2D eigenvalue weighted by atomic mass is 16.4. The van der Waals surface area contributed by atoms with Gasteiger partial charge in [0.15, 0.2) is 0 Å². The van der Waals surface area contributed by atoms with E-state index in [0.29, 0.717) is 6.54 Å². The van der Waals surface area contributed by atoms with Crippen LogP contribution in [0.2, 0.25) is 0 Å². The number of carboxylic acids is 1. The van der Waals surface area contributed by atoms with Crippen molar-refractivity contribution in [2.45, 2.75) is 39.3 Å². The molecule has 18 heavy (non-hydrogen) atoms. The maximum absolute atomic E-state index is 12.0. The summed E-state index contributed by atoms with van der Waals surface area (Å²) in [6, 6.07) is 0. The zero-order chi connectivity index (χ0) is 13.8. The van der Waals surface area contributed by atoms with Crippen LogP contribution >= 0.6 is 0 Å². The van der Waals surface area contributed by atoms with E-state index in [4.69, 9.17) is 5.11 Å². The van der Waals surface area contributed by atoms with Crippen LogP contribution in [-0.2, 0) is 16.1 Å². The van der Waals surface area contributed by atoms with E-state index in [1.54, 1.807) is 4.68 Å². The van der Waals surface area contributed by atoms with Crippen molar-refractivity contribution in [1.29, 1.82) is 0 Å². The fraction of sp³-hybridized carbons (Fsp3) is 0.636. The molecule has 0 unspecified atom stereocenters. The minimum Gasteiger partial charge on any atom is -0.480 e. The van der Waals surface area contributed by atoms with Crippen molar-refractivity contribution in [1.82, 2.24) is 19.7 Å². The van der Waals surface area contributed by atoms with Gasteiger partial charge in [-0.3, -0.25) is 14.3 Å². The number of aliphatic carboxylic acids is 1. The lowest BCUT2D eigenvalue weighted by molar-refractivity contribution is -0.148. The van der Waals surface area contributed by atoms with Gasteiger partial charge in [-0.15, -0.1) is 0 Å². The Morgan fingerprint density at radius 3 is 2.50 bits per heavy atom. The van der Waals surface area contributed by atoms with Gasteiger partial charge in [-0.05, 0) is 20.8 Å². The Kier molecular flexibility index (Phi) is 4.41. The van der Waals surface area contributed by atoms with Gasteiger partial charge in [0, 0.05) is 12.0 Å². The summed E-state index contributed by atoms with van der Waals surface area (Å²) in [6.45, 7) is 5.53. The van der Waals surface area contributed by atoms with Crippen molar-refractivity contribution in [2.24, 2.45) is 0 Å². The van der Waals surface area contributed by atoms with E-state index in [1.807, 2.05) is 20.8 Å². The molecule has 0 fully saturated rings. The average molecular weight is 254 g/mol. The molecule has 7 nitrogen and oxygen atoms in total. The molecule has 7 heteroatoms. The molecule has 0 aliphatic rings. The highest BCUT2D eigenvalue weighted by Crippen LogP contribution is 2.14. The molecule has 0 saturated heterocycles. The van der Waals surface area contributed by atoms with Gasteiger partial charge in [0.1, 0.15) is 19.2 Å². The van der Waals surface area contributed by atoms with Crippen molar-refractivity contribution < 1.29 is 14.7 Å². The maximum atomic E-state index is 12.0. The minimum atomic E-state index is -1.01. The molecule has 1 amide bonds. The molecule has 1 N–H and O–H groups in total. The van der Waals surface area contributed by atoms with Crippen molar-refractivity contribution in [2.75, 3.05) is 6.54 Å². The molecule has 0 spiro atoms. The number of carbonyl (C=O) groups is 2. The molecule has 100 valence electrons. The van der Waals surface area contributed by atoms with Gasteiger partial charge < -0.3 is 10.0 Å². The molecule has 0 aliphatic carbocycles. The fourth-order valence-corrected chi connectivity index (χ4v) is 1.53. The molecule has 0 atom stereocenters. The van der Waals surface area contributed by atoms with Crippen LogP contribution < -0.4 is 0 Å². The van der Waals surface area contributed by atoms with Gasteiger partial charge in [-0.25, -0.2) is 4.98 Å². The quantitative estimate of drug-likeness (QED) is 0.820. The Morgan fingerprint density at radius 2 is 2.06 bits per heavy atom. The molecule has 0 bridgehead atoms. The zero-order valence-corrected chi connectivity index (χ0v) is 10.8. The van der Waals surface area contributed by atoms with Crippen molar-refractivity contribution in [3.8, 4) is 0 Å². The third-order valence-electron chi connectivity index (χ3n) is 2.43. The lowest BCUT2D eigenvalue weighted by atomic mass is 10.1. The monoisotopic (exact) mass is 254 g/mol. The van der Waals surface area contributed by atoms with E-state index < -0.39 is 11.5 Å². The lowest BCUT2D eigenvalue weighted by Gasteiger charge is -2.34. The van der Waals surface area contributed by atoms with Crippen molar-refractivity contribution in [3.63, 3.8) is 0 Å². The van der Waals surface area contributed by atoms with Crippen molar-refractivity contribution in [3.05, 3.63) is 12.7 Å². The number of rotatable bonds is 5. The summed E-state index contributed by atoms with van der Waals surface area (Å²) in [5.41, 5.74) is -0.516. The summed E-state index contributed by atoms with van der Waals surface area (Å²) < 4.78 is 1.54. The standard InChI is InChI=1S/C11H18N4O3/c1-11(2,3)15(6-10(17)18)9(16)4-5-14-8-12-7-13-14/h7-8H,4-6H2,1-3H3,(H,17,18). The Labute approximate surface area is 105 Å². The number of nitrogens with zero attached hydrogens (tertiary/aromatic N) is 4. The highest BCUT2D eigenvalue weighted by Gasteiger charge is 2.27. The molecule has 0 aromatic carbocycles. The number of aromatic nitrogens is 3. The van der Waals surface area contributed by atoms with Gasteiger partial charge in [0.25, 0.3) is 0 Å². The Bertz CT molecular complexity index is 408. The van der Waals surface area contributed by atoms with Crippen LogP contribution in [0.3, 0.4) is 0 Å². The van der Waals surface area contributed by atoms with E-state index in [-0.39, 0.29) is 18.9 Å². The van der Waals surface area contributed by atoms with Gasteiger partial charge in [-0.2, -0.15) is 5.10 Å². The number of hydrogen-bond acceptors (Lipinski definition) is 4. The van der Waals surface area contributed by atoms with E-state index in [9.17, 15) is 9.59 Å². The summed E-state index contributed by atoms with van der Waals surface area (Å²) >= 11 is 0. The average Bonchev–Trinajstić information content (AvgIpc) is 2.73. The fourth-order valence-electron chi connectivity index (χ4n) is 1.53. The summed E-state index contributed by atoms with van der Waals surface area (Å²) in [6.07, 6.45) is 3.11. The Hall–Kier alpha value is -1.92. The van der Waals surface area contributed by atoms with Gasteiger partial charge >= 0.3 is 5.97 Å². The summed E-state index contributed by atoms with van der Waals surface area (Å²) in [7, 11) is 0. The number of carboxylic acid groups (broad SMARTS) is 1. The third kappa shape index (κ3) is 4.15. The molecule has 1 aromatic heterocycles. The highest BCUT2D eigenvalue weighted by molar-refractivity contribution is 5.81. The largest absolute Gasteiger partial charge is 0.480 e. The first-order valence-electron chi connectivity index (χ1n) is 5.65. The van der Waals surface area contributed by atoms with Crippen LogP contribution in [0.25, 0.3) is 0 Å². The summed E-state index contributed by atoms with van der Waals surface area (Å²) in [4.78, 5) is 27.9. The predicted molar refractivity (Wildman–Crippen MR) is 63.7 cm³/mol. The molecule has 1 aromatic rings. The lowest BCUT2D eigenvalue weighted by Crippen LogP contribution is -2.48. The van der Waals surface area contributed by atoms with E-state index in [0.717, 1.165) is 0 Å². The number of aryl methyl sites for hydroxylation is 1. The smallest absolute Gasteiger partial charge is 0.323 e. The molecule has 1 heterocycles. The first kappa shape index (κ1) is 14.1. The minimum absolute atomic E-state index is 0.202. The second kappa shape index (κ2) is 5.61. The molecule has 0 radical (unpaired) electrons. The second-order valence-corrected chi connectivity index (χ2v) is 4.95. The van der Waals surface area contributed by atoms with E-state index in [2.05, 4.69) is 10.1 Å². The maximum Gasteiger partial charge on any atom is 0.323 e. The number of amides is 1. The van der Waals surface area contributed by atoms with Crippen LogP contribution in [0, 0.1) is 0 Å². The van der Waals surface area contributed by atoms with E-state index >= 15 is 0 Å². The summed E-state index contributed by atoms with van der Waals surface area (Å²) in [5.74, 6) is -1.22. The number of carbonyl (C=O) groups excluding carboxylic acids is 1. The van der Waals surface area contributed by atoms with E-state index in [1.165, 1.54) is 17.6 Å². The molecule has 1 rings (SSSR count). The normalized spacial score (nSPS) is 11.3. The van der Waals surface area contributed by atoms with Crippen LogP contribution in [0.5, 0.6) is 0 Å². The van der Waals surface area contributed by atoms with Crippen LogP contribution in [0.15, 0.2) is 12.7 Å². The Morgan fingerprint density at radius 1 is 1.39 bits per heavy atom. The topological polar surface area (TPSA) is 88.3 Å². The molecule has 0 aliphatic heterocycles. The number of hydrogen-bond donors (Lipinski definition) is 1. The SMILES string of the molecule is CC(C)(C)N(CC(=O)O)C(=O)CCn1cncn1. The van der Waals surface area contributed by atoms with Crippen LogP contribution in [0.4, 0.5) is 0 Å². The predicted octanol–water partition coefficient (Wildman–Crippen LogP) is 0.380. The third-order valence-corrected chi connectivity index (χ3v) is 2.43. The Balaban J connectivity index is 2.62. The van der Waals surface area contributed by atoms with Crippen LogP contribution in [-0.4, -0.2) is 48.7 Å². The van der Waals surface area contributed by atoms with Crippen LogP contribution in [0.1, 0.15) is 27.2 Å². The van der Waals surface area contributed by atoms with Gasteiger partial charge in [-0.1, -0.05) is 0 Å². The molecule has 0 saturated carbocycles. The first-order valence-corrected chi connectivity index (χ1v) is 5.65. The van der Waals surface area contributed by atoms with Gasteiger partial charge in [0.05, 0.1) is 6.54 Å². The first-order chi connectivity index (χ1) is 8.30. The van der Waals surface area contributed by atoms with Crippen molar-refractivity contribution >= 4 is 11.9 Å². The molecular formula is C11H18N4O3. The van der Waals surface area contributed by atoms with Gasteiger partial charge in [0.2, 0.25) is 5.91 Å². The zero-order valence-electron chi connectivity index (χ0n) is 10.8. The summed E-state index contributed by atoms with van der Waals surface area (Å²) in [5, 5.41) is 12.7. The molecular weight excluding hydrogens is 236 g/mol. The second-order valence-electron chi connectivity index (χ2n) is 4.95.